The number of carbonyl (C=O) groups is 1. The molecule has 7 heteroatoms. The number of thioether (sulfide) groups is 1. The molecule has 0 N–H and O–H groups in total. The third-order valence-corrected chi connectivity index (χ3v) is 5.95. The van der Waals surface area contributed by atoms with Gasteiger partial charge in [-0.25, -0.2) is 0 Å². The zero-order valence-corrected chi connectivity index (χ0v) is 18.6. The lowest BCUT2D eigenvalue weighted by molar-refractivity contribution is -0.122. The van der Waals surface area contributed by atoms with E-state index in [2.05, 4.69) is 0 Å². The van der Waals surface area contributed by atoms with Gasteiger partial charge in [0.15, 0.2) is 0 Å². The summed E-state index contributed by atoms with van der Waals surface area (Å²) in [6.45, 7) is 3.13. The second-order valence-electron chi connectivity index (χ2n) is 6.90. The van der Waals surface area contributed by atoms with Crippen LogP contribution in [0.25, 0.3) is 6.08 Å². The first-order chi connectivity index (χ1) is 15.1. The van der Waals surface area contributed by atoms with Gasteiger partial charge in [-0.2, -0.15) is 0 Å². The van der Waals surface area contributed by atoms with E-state index < -0.39 is 0 Å². The summed E-state index contributed by atoms with van der Waals surface area (Å²) in [6, 6.07) is 19.1. The van der Waals surface area contributed by atoms with Crippen LogP contribution in [0.4, 0.5) is 0 Å². The van der Waals surface area contributed by atoms with Crippen molar-refractivity contribution in [1.82, 2.24) is 4.90 Å². The molecule has 4 rings (SSSR count). The number of hydrogen-bond donors (Lipinski definition) is 0. The van der Waals surface area contributed by atoms with E-state index >= 15 is 0 Å². The SMILES string of the molecule is Cc1ccc(OCCOc2ccccc2)c(/C=C2\SC(=S)N(Cc3ccco3)C2=O)c1. The van der Waals surface area contributed by atoms with E-state index in [1.807, 2.05) is 67.6 Å². The molecule has 5 nitrogen and oxygen atoms in total. The number of amides is 1. The topological polar surface area (TPSA) is 51.9 Å². The van der Waals surface area contributed by atoms with Crippen molar-refractivity contribution in [2.45, 2.75) is 13.5 Å². The molecule has 31 heavy (non-hydrogen) atoms. The van der Waals surface area contributed by atoms with Gasteiger partial charge in [0.25, 0.3) is 5.91 Å². The van der Waals surface area contributed by atoms with E-state index in [1.165, 1.54) is 11.8 Å². The highest BCUT2D eigenvalue weighted by Gasteiger charge is 2.32. The Balaban J connectivity index is 1.45. The molecule has 0 spiro atoms. The van der Waals surface area contributed by atoms with E-state index in [4.69, 9.17) is 26.1 Å². The van der Waals surface area contributed by atoms with Crippen molar-refractivity contribution >= 4 is 40.3 Å². The van der Waals surface area contributed by atoms with Crippen LogP contribution in [0.5, 0.6) is 11.5 Å². The van der Waals surface area contributed by atoms with Crippen LogP contribution in [0, 0.1) is 6.92 Å². The maximum atomic E-state index is 12.9. The molecular formula is C24H21NO4S2. The van der Waals surface area contributed by atoms with E-state index in [1.54, 1.807) is 17.2 Å². The van der Waals surface area contributed by atoms with Gasteiger partial charge < -0.3 is 13.9 Å². The van der Waals surface area contributed by atoms with Crippen molar-refractivity contribution in [1.29, 1.82) is 0 Å². The van der Waals surface area contributed by atoms with Crippen molar-refractivity contribution in [3.63, 3.8) is 0 Å². The minimum absolute atomic E-state index is 0.133. The Kier molecular flexibility index (Phi) is 6.74. The van der Waals surface area contributed by atoms with Crippen LogP contribution in [0.1, 0.15) is 16.9 Å². The lowest BCUT2D eigenvalue weighted by Gasteiger charge is -2.12. The molecule has 0 saturated carbocycles. The second kappa shape index (κ2) is 9.85. The highest BCUT2D eigenvalue weighted by molar-refractivity contribution is 8.26. The Morgan fingerprint density at radius 2 is 1.87 bits per heavy atom. The zero-order chi connectivity index (χ0) is 21.6. The summed E-state index contributed by atoms with van der Waals surface area (Å²) >= 11 is 6.70. The number of thiocarbonyl (C=S) groups is 1. The standard InChI is InChI=1S/C24H21NO4S2/c1-17-9-10-21(29-13-12-28-19-6-3-2-4-7-19)18(14-17)15-22-23(26)25(24(30)31-22)16-20-8-5-11-27-20/h2-11,14-15H,12-13,16H2,1H3/b22-15-. The van der Waals surface area contributed by atoms with Gasteiger partial charge in [0.1, 0.15) is 34.8 Å². The summed E-state index contributed by atoms with van der Waals surface area (Å²) in [7, 11) is 0. The Hall–Kier alpha value is -3.03. The molecule has 1 fully saturated rings. The first-order valence-electron chi connectivity index (χ1n) is 9.79. The second-order valence-corrected chi connectivity index (χ2v) is 8.57. The fourth-order valence-corrected chi connectivity index (χ4v) is 4.32. The highest BCUT2D eigenvalue weighted by Crippen LogP contribution is 2.35. The predicted octanol–water partition coefficient (Wildman–Crippen LogP) is 5.45. The molecule has 3 aromatic rings. The van der Waals surface area contributed by atoms with Crippen molar-refractivity contribution in [2.24, 2.45) is 0 Å². The van der Waals surface area contributed by atoms with Crippen LogP contribution in [-0.4, -0.2) is 28.3 Å². The monoisotopic (exact) mass is 451 g/mol. The molecule has 158 valence electrons. The summed E-state index contributed by atoms with van der Waals surface area (Å²) < 4.78 is 17.5. The molecule has 0 radical (unpaired) electrons. The van der Waals surface area contributed by atoms with Crippen LogP contribution in [-0.2, 0) is 11.3 Å². The lowest BCUT2D eigenvalue weighted by atomic mass is 10.1. The summed E-state index contributed by atoms with van der Waals surface area (Å²) in [5, 5.41) is 0. The summed E-state index contributed by atoms with van der Waals surface area (Å²) in [5.74, 6) is 2.05. The molecule has 2 heterocycles. The van der Waals surface area contributed by atoms with Gasteiger partial charge in [-0.3, -0.25) is 9.69 Å². The molecule has 0 atom stereocenters. The van der Waals surface area contributed by atoms with Gasteiger partial charge in [-0.1, -0.05) is 53.8 Å². The molecule has 1 aliphatic heterocycles. The molecule has 0 bridgehead atoms. The molecule has 0 unspecified atom stereocenters. The Morgan fingerprint density at radius 3 is 2.65 bits per heavy atom. The van der Waals surface area contributed by atoms with Gasteiger partial charge in [0.2, 0.25) is 0 Å². The molecule has 1 amide bonds. The average Bonchev–Trinajstić information content (AvgIpc) is 3.37. The van der Waals surface area contributed by atoms with Gasteiger partial charge in [0, 0.05) is 5.56 Å². The van der Waals surface area contributed by atoms with Crippen LogP contribution >= 0.6 is 24.0 Å². The smallest absolute Gasteiger partial charge is 0.266 e. The molecule has 1 saturated heterocycles. The third kappa shape index (κ3) is 5.37. The minimum atomic E-state index is -0.133. The van der Waals surface area contributed by atoms with Crippen molar-refractivity contribution in [3.8, 4) is 11.5 Å². The van der Waals surface area contributed by atoms with E-state index in [-0.39, 0.29) is 5.91 Å². The van der Waals surface area contributed by atoms with E-state index in [9.17, 15) is 4.79 Å². The van der Waals surface area contributed by atoms with Gasteiger partial charge in [0.05, 0.1) is 17.7 Å². The quantitative estimate of drug-likeness (QED) is 0.258. The fraction of sp³-hybridized carbons (Fsp3) is 0.167. The van der Waals surface area contributed by atoms with Crippen LogP contribution in [0.3, 0.4) is 0 Å². The van der Waals surface area contributed by atoms with Gasteiger partial charge in [-0.15, -0.1) is 0 Å². The van der Waals surface area contributed by atoms with Crippen molar-refractivity contribution in [2.75, 3.05) is 13.2 Å². The first kappa shape index (κ1) is 21.2. The van der Waals surface area contributed by atoms with Crippen molar-refractivity contribution in [3.05, 3.63) is 88.7 Å². The summed E-state index contributed by atoms with van der Waals surface area (Å²) in [6.07, 6.45) is 3.42. The maximum absolute atomic E-state index is 12.9. The highest BCUT2D eigenvalue weighted by atomic mass is 32.2. The number of rotatable bonds is 8. The molecule has 1 aliphatic rings. The summed E-state index contributed by atoms with van der Waals surface area (Å²) in [5.41, 5.74) is 1.91. The Morgan fingerprint density at radius 1 is 1.06 bits per heavy atom. The Labute approximate surface area is 190 Å². The number of para-hydroxylation sites is 1. The van der Waals surface area contributed by atoms with E-state index in [0.29, 0.717) is 40.5 Å². The fourth-order valence-electron chi connectivity index (χ4n) is 3.08. The predicted molar refractivity (Wildman–Crippen MR) is 126 cm³/mol. The molecule has 2 aromatic carbocycles. The number of nitrogens with zero attached hydrogens (tertiary/aromatic N) is 1. The van der Waals surface area contributed by atoms with Crippen LogP contribution in [0.2, 0.25) is 0 Å². The van der Waals surface area contributed by atoms with E-state index in [0.717, 1.165) is 16.9 Å². The number of hydrogen-bond acceptors (Lipinski definition) is 6. The third-order valence-electron chi connectivity index (χ3n) is 4.57. The number of furan rings is 1. The molecular weight excluding hydrogens is 430 g/mol. The largest absolute Gasteiger partial charge is 0.490 e. The number of aryl methyl sites for hydroxylation is 1. The average molecular weight is 452 g/mol. The minimum Gasteiger partial charge on any atom is -0.490 e. The Bertz CT molecular complexity index is 1090. The number of ether oxygens (including phenoxy) is 2. The molecule has 1 aromatic heterocycles. The normalized spacial score (nSPS) is 15.0. The number of benzene rings is 2. The van der Waals surface area contributed by atoms with Gasteiger partial charge >= 0.3 is 0 Å². The van der Waals surface area contributed by atoms with Crippen LogP contribution < -0.4 is 9.47 Å². The maximum Gasteiger partial charge on any atom is 0.266 e. The van der Waals surface area contributed by atoms with Gasteiger partial charge in [-0.05, 0) is 49.4 Å². The molecule has 0 aliphatic carbocycles. The lowest BCUT2D eigenvalue weighted by Crippen LogP contribution is -2.27. The number of carbonyl (C=O) groups excluding carboxylic acids is 1. The van der Waals surface area contributed by atoms with Crippen LogP contribution in [0.15, 0.2) is 76.2 Å². The first-order valence-corrected chi connectivity index (χ1v) is 11.0. The zero-order valence-electron chi connectivity index (χ0n) is 16.9. The van der Waals surface area contributed by atoms with Crippen molar-refractivity contribution < 1.29 is 18.7 Å². The summed E-state index contributed by atoms with van der Waals surface area (Å²) in [4.78, 5) is 15.0.